The first-order valence-corrected chi connectivity index (χ1v) is 8.81. The number of hydrogen-bond acceptors (Lipinski definition) is 6. The van der Waals surface area contributed by atoms with Crippen LogP contribution in [-0.2, 0) is 0 Å². The quantitative estimate of drug-likeness (QED) is 0.478. The molecule has 0 bridgehead atoms. The largest absolute Gasteiger partial charge is 0.476 e. The molecule has 0 amide bonds. The fraction of sp³-hybridized carbons (Fsp3) is 0. The Balaban J connectivity index is 1.90. The summed E-state index contributed by atoms with van der Waals surface area (Å²) < 4.78 is 6.57. The molecule has 25 heavy (non-hydrogen) atoms. The highest BCUT2D eigenvalue weighted by atomic mass is 79.9. The van der Waals surface area contributed by atoms with Crippen molar-refractivity contribution in [2.24, 2.45) is 0 Å². The highest BCUT2D eigenvalue weighted by Gasteiger charge is 2.19. The zero-order valence-corrected chi connectivity index (χ0v) is 15.0. The van der Waals surface area contributed by atoms with Crippen LogP contribution in [0.25, 0.3) is 20.5 Å². The average Bonchev–Trinajstić information content (AvgIpc) is 3.24. The number of rotatable bonds is 4. The molecule has 0 aliphatic rings. The minimum Gasteiger partial charge on any atom is -0.476 e. The number of carboxylic acid groups (broad SMARTS) is 1. The van der Waals surface area contributed by atoms with Gasteiger partial charge in [-0.05, 0) is 29.8 Å². The molecule has 8 heteroatoms. The molecule has 0 saturated heterocycles. The monoisotopic (exact) mass is 415 g/mol. The topological polar surface area (TPSA) is 88.2 Å². The second kappa shape index (κ2) is 6.30. The van der Waals surface area contributed by atoms with Crippen LogP contribution in [-0.4, -0.2) is 21.3 Å². The van der Waals surface area contributed by atoms with Crippen LogP contribution in [0.2, 0.25) is 0 Å². The Bertz CT molecular complexity index is 1080. The van der Waals surface area contributed by atoms with Crippen LogP contribution in [0.3, 0.4) is 0 Å². The Labute approximate surface area is 154 Å². The fourth-order valence-electron chi connectivity index (χ4n) is 2.43. The van der Waals surface area contributed by atoms with E-state index in [9.17, 15) is 9.90 Å². The first kappa shape index (κ1) is 15.8. The summed E-state index contributed by atoms with van der Waals surface area (Å²) in [6, 6.07) is 11.5. The molecule has 0 aliphatic heterocycles. The Morgan fingerprint density at radius 2 is 2.12 bits per heavy atom. The zero-order chi connectivity index (χ0) is 17.4. The van der Waals surface area contributed by atoms with Gasteiger partial charge < -0.3 is 14.8 Å². The predicted octanol–water partition coefficient (Wildman–Crippen LogP) is 5.16. The number of hydrogen-bond donors (Lipinski definition) is 2. The lowest BCUT2D eigenvalue weighted by Gasteiger charge is -2.04. The van der Waals surface area contributed by atoms with E-state index in [1.54, 1.807) is 18.6 Å². The molecule has 2 N–H and O–H groups in total. The lowest BCUT2D eigenvalue weighted by molar-refractivity contribution is 0.0692. The van der Waals surface area contributed by atoms with E-state index in [2.05, 4.69) is 31.4 Å². The van der Waals surface area contributed by atoms with Gasteiger partial charge in [0.05, 0.1) is 16.7 Å². The van der Waals surface area contributed by atoms with Crippen molar-refractivity contribution in [2.75, 3.05) is 5.32 Å². The van der Waals surface area contributed by atoms with Gasteiger partial charge in [-0.3, -0.25) is 0 Å². The summed E-state index contributed by atoms with van der Waals surface area (Å²) in [4.78, 5) is 12.4. The highest BCUT2D eigenvalue weighted by Crippen LogP contribution is 2.38. The van der Waals surface area contributed by atoms with Crippen molar-refractivity contribution < 1.29 is 14.3 Å². The summed E-state index contributed by atoms with van der Waals surface area (Å²) in [7, 11) is 0. The third kappa shape index (κ3) is 3.01. The molecule has 0 radical (unpaired) electrons. The molecular weight excluding hydrogens is 406 g/mol. The number of thiophene rings is 1. The van der Waals surface area contributed by atoms with Crippen molar-refractivity contribution in [3.8, 4) is 10.4 Å². The van der Waals surface area contributed by atoms with Gasteiger partial charge in [-0.1, -0.05) is 28.1 Å². The minimum absolute atomic E-state index is 0.0565. The Morgan fingerprint density at radius 1 is 1.24 bits per heavy atom. The lowest BCUT2D eigenvalue weighted by atomic mass is 10.1. The molecule has 0 atom stereocenters. The maximum Gasteiger partial charge on any atom is 0.357 e. The molecule has 124 valence electrons. The van der Waals surface area contributed by atoms with E-state index in [1.165, 1.54) is 11.3 Å². The first-order valence-electron chi connectivity index (χ1n) is 7.20. The van der Waals surface area contributed by atoms with Crippen LogP contribution in [0.1, 0.15) is 10.5 Å². The number of nitrogens with one attached hydrogen (secondary N) is 1. The number of aromatic nitrogens is 2. The normalized spacial score (nSPS) is 10.9. The summed E-state index contributed by atoms with van der Waals surface area (Å²) in [5.41, 5.74) is 1.65. The van der Waals surface area contributed by atoms with E-state index >= 15 is 0 Å². The molecule has 6 nitrogen and oxygen atoms in total. The number of fused-ring (bicyclic) bond motifs is 1. The summed E-state index contributed by atoms with van der Waals surface area (Å²) in [6.45, 7) is 0. The van der Waals surface area contributed by atoms with Gasteiger partial charge in [0, 0.05) is 14.7 Å². The number of carbonyl (C=O) groups is 1. The van der Waals surface area contributed by atoms with Crippen molar-refractivity contribution in [2.45, 2.75) is 0 Å². The number of nitrogens with zero attached hydrogens (tertiary/aromatic N) is 2. The average molecular weight is 416 g/mol. The highest BCUT2D eigenvalue weighted by molar-refractivity contribution is 9.10. The molecule has 0 aliphatic carbocycles. The van der Waals surface area contributed by atoms with E-state index in [4.69, 9.17) is 4.42 Å². The SMILES string of the molecule is O=C(O)c1nnc(Nc2ccoc2)c2cc(-c3cccc(Br)c3)sc12. The molecule has 4 aromatic rings. The maximum absolute atomic E-state index is 11.5. The number of benzene rings is 1. The smallest absolute Gasteiger partial charge is 0.357 e. The van der Waals surface area contributed by atoms with Crippen molar-refractivity contribution in [1.29, 1.82) is 0 Å². The third-order valence-electron chi connectivity index (χ3n) is 3.55. The number of anilines is 2. The van der Waals surface area contributed by atoms with Gasteiger partial charge in [-0.15, -0.1) is 21.5 Å². The van der Waals surface area contributed by atoms with Gasteiger partial charge in [0.1, 0.15) is 6.26 Å². The van der Waals surface area contributed by atoms with Crippen LogP contribution in [0.15, 0.2) is 57.8 Å². The molecule has 3 aromatic heterocycles. The maximum atomic E-state index is 11.5. The van der Waals surface area contributed by atoms with E-state index in [0.717, 1.165) is 14.9 Å². The summed E-state index contributed by atoms with van der Waals surface area (Å²) in [6.07, 6.45) is 3.08. The molecular formula is C17H10BrN3O3S. The predicted molar refractivity (Wildman–Crippen MR) is 99.5 cm³/mol. The van der Waals surface area contributed by atoms with Crippen LogP contribution in [0.4, 0.5) is 11.5 Å². The van der Waals surface area contributed by atoms with Crippen LogP contribution >= 0.6 is 27.3 Å². The second-order valence-corrected chi connectivity index (χ2v) is 7.17. The van der Waals surface area contributed by atoms with Crippen molar-refractivity contribution >= 4 is 54.8 Å². The number of carboxylic acids is 1. The molecule has 0 unspecified atom stereocenters. The van der Waals surface area contributed by atoms with E-state index in [1.807, 2.05) is 30.3 Å². The summed E-state index contributed by atoms with van der Waals surface area (Å²) in [5, 5.41) is 21.1. The standard InChI is InChI=1S/C17H10BrN3O3S/c18-10-3-1-2-9(6-10)13-7-12-15(25-13)14(17(22)23)20-21-16(12)19-11-4-5-24-8-11/h1-8H,(H,19,21)(H,22,23). The number of aromatic carboxylic acids is 1. The molecule has 0 saturated carbocycles. The Morgan fingerprint density at radius 3 is 2.84 bits per heavy atom. The minimum atomic E-state index is -1.10. The van der Waals surface area contributed by atoms with Gasteiger partial charge in [0.25, 0.3) is 0 Å². The van der Waals surface area contributed by atoms with Crippen LogP contribution in [0.5, 0.6) is 0 Å². The van der Waals surface area contributed by atoms with Gasteiger partial charge in [0.15, 0.2) is 11.5 Å². The number of furan rings is 1. The molecule has 4 rings (SSSR count). The van der Waals surface area contributed by atoms with Gasteiger partial charge in [-0.25, -0.2) is 4.79 Å². The Kier molecular flexibility index (Phi) is 3.98. The summed E-state index contributed by atoms with van der Waals surface area (Å²) in [5.74, 6) is -0.617. The fourth-order valence-corrected chi connectivity index (χ4v) is 3.96. The molecule has 0 spiro atoms. The summed E-state index contributed by atoms with van der Waals surface area (Å²) >= 11 is 4.83. The molecule has 0 fully saturated rings. The van der Waals surface area contributed by atoms with E-state index < -0.39 is 5.97 Å². The van der Waals surface area contributed by atoms with Crippen molar-refractivity contribution in [3.05, 3.63) is 59.1 Å². The zero-order valence-electron chi connectivity index (χ0n) is 12.6. The van der Waals surface area contributed by atoms with Gasteiger partial charge >= 0.3 is 5.97 Å². The van der Waals surface area contributed by atoms with Crippen molar-refractivity contribution in [1.82, 2.24) is 10.2 Å². The lowest BCUT2D eigenvalue weighted by Crippen LogP contribution is -2.04. The molecule has 3 heterocycles. The van der Waals surface area contributed by atoms with Crippen molar-refractivity contribution in [3.63, 3.8) is 0 Å². The molecule has 1 aromatic carbocycles. The third-order valence-corrected chi connectivity index (χ3v) is 5.23. The van der Waals surface area contributed by atoms with E-state index in [-0.39, 0.29) is 5.69 Å². The van der Waals surface area contributed by atoms with Gasteiger partial charge in [-0.2, -0.15) is 0 Å². The number of halogens is 1. The van der Waals surface area contributed by atoms with Crippen LogP contribution < -0.4 is 5.32 Å². The van der Waals surface area contributed by atoms with Crippen LogP contribution in [0, 0.1) is 0 Å². The first-order chi connectivity index (χ1) is 12.1. The van der Waals surface area contributed by atoms with E-state index in [0.29, 0.717) is 21.6 Å². The van der Waals surface area contributed by atoms with Gasteiger partial charge in [0.2, 0.25) is 0 Å². The Hall–Kier alpha value is -2.71. The second-order valence-electron chi connectivity index (χ2n) is 5.20.